The van der Waals surface area contributed by atoms with Crippen molar-refractivity contribution >= 4 is 22.2 Å². The smallest absolute Gasteiger partial charge is 0.374 e. The summed E-state index contributed by atoms with van der Waals surface area (Å²) in [4.78, 5) is 6.13. The molecule has 142 valence electrons. The second-order valence-corrected chi connectivity index (χ2v) is 7.06. The van der Waals surface area contributed by atoms with Crippen molar-refractivity contribution in [2.24, 2.45) is 0 Å². The van der Waals surface area contributed by atoms with E-state index >= 15 is 0 Å². The van der Waals surface area contributed by atoms with E-state index in [-0.39, 0.29) is 0 Å². The summed E-state index contributed by atoms with van der Waals surface area (Å²) < 4.78 is 38.5. The molecule has 0 aliphatic carbocycles. The fraction of sp³-hybridized carbons (Fsp3) is 0.211. The molecule has 1 aromatic heterocycles. The predicted molar refractivity (Wildman–Crippen MR) is 101 cm³/mol. The number of benzene rings is 2. The number of aromatic nitrogens is 1. The lowest BCUT2D eigenvalue weighted by molar-refractivity contribution is -0.137. The van der Waals surface area contributed by atoms with Crippen molar-refractivity contribution in [3.8, 4) is 11.3 Å². The summed E-state index contributed by atoms with van der Waals surface area (Å²) in [6.45, 7) is 0. The molecule has 0 aliphatic rings. The molecule has 3 aromatic rings. The molecule has 1 unspecified atom stereocenters. The van der Waals surface area contributed by atoms with Gasteiger partial charge < -0.3 is 10.4 Å². The Balaban J connectivity index is 1.81. The Hall–Kier alpha value is -2.42. The van der Waals surface area contributed by atoms with Crippen LogP contribution in [0.5, 0.6) is 0 Å². The van der Waals surface area contributed by atoms with Crippen molar-refractivity contribution in [2.75, 3.05) is 19.4 Å². The zero-order valence-corrected chi connectivity index (χ0v) is 15.5. The van der Waals surface area contributed by atoms with E-state index in [2.05, 4.69) is 10.3 Å². The van der Waals surface area contributed by atoms with Crippen LogP contribution in [0, 0.1) is 0 Å². The zero-order valence-electron chi connectivity index (χ0n) is 14.7. The summed E-state index contributed by atoms with van der Waals surface area (Å²) in [6.07, 6.45) is -5.12. The van der Waals surface area contributed by atoms with Crippen LogP contribution in [0.3, 0.4) is 0 Å². The van der Waals surface area contributed by atoms with Gasteiger partial charge in [-0.05, 0) is 43.9 Å². The van der Waals surface area contributed by atoms with Crippen molar-refractivity contribution in [2.45, 2.75) is 12.4 Å². The van der Waals surface area contributed by atoms with E-state index in [1.807, 2.05) is 29.6 Å². The Labute approximate surface area is 158 Å². The fourth-order valence-electron chi connectivity index (χ4n) is 2.52. The number of hydrogen-bond acceptors (Lipinski definition) is 5. The van der Waals surface area contributed by atoms with Crippen LogP contribution < -0.4 is 5.32 Å². The van der Waals surface area contributed by atoms with Gasteiger partial charge in [-0.25, -0.2) is 4.98 Å². The number of hydrogen-bond donors (Lipinski definition) is 2. The van der Waals surface area contributed by atoms with Crippen LogP contribution in [0.4, 0.5) is 24.0 Å². The van der Waals surface area contributed by atoms with Gasteiger partial charge >= 0.3 is 6.18 Å². The second kappa shape index (κ2) is 7.67. The largest absolute Gasteiger partial charge is 0.416 e. The first-order chi connectivity index (χ1) is 12.7. The summed E-state index contributed by atoms with van der Waals surface area (Å²) in [5.41, 5.74) is 1.85. The average Bonchev–Trinajstić information content (AvgIpc) is 3.09. The van der Waals surface area contributed by atoms with Crippen molar-refractivity contribution in [3.05, 3.63) is 65.0 Å². The van der Waals surface area contributed by atoms with E-state index in [9.17, 15) is 18.3 Å². The molecule has 8 heteroatoms. The highest BCUT2D eigenvalue weighted by Gasteiger charge is 2.30. The van der Waals surface area contributed by atoms with Crippen molar-refractivity contribution in [1.29, 1.82) is 0 Å². The summed E-state index contributed by atoms with van der Waals surface area (Å²) in [5, 5.41) is 15.4. The van der Waals surface area contributed by atoms with Crippen molar-refractivity contribution < 1.29 is 18.3 Å². The summed E-state index contributed by atoms with van der Waals surface area (Å²) in [6, 6.07) is 12.4. The lowest BCUT2D eigenvalue weighted by Gasteiger charge is -2.19. The van der Waals surface area contributed by atoms with Gasteiger partial charge in [-0.3, -0.25) is 4.90 Å². The SMILES string of the molecule is CN(C)C(O)c1cccc(-c2csc(Nc3cccc(C(F)(F)F)c3)n2)c1. The standard InChI is InChI=1S/C19H18F3N3OS/c1-25(2)17(26)13-6-3-5-12(9-13)16-11-27-18(24-16)23-15-8-4-7-14(10-15)19(20,21)22/h3-11,17,26H,1-2H3,(H,23,24). The lowest BCUT2D eigenvalue weighted by Crippen LogP contribution is -2.19. The summed E-state index contributed by atoms with van der Waals surface area (Å²) in [5.74, 6) is 0. The van der Waals surface area contributed by atoms with Gasteiger partial charge in [-0.2, -0.15) is 13.2 Å². The second-order valence-electron chi connectivity index (χ2n) is 6.20. The first-order valence-electron chi connectivity index (χ1n) is 8.08. The van der Waals surface area contributed by atoms with E-state index in [1.54, 1.807) is 25.1 Å². The quantitative estimate of drug-likeness (QED) is 0.591. The number of alkyl halides is 3. The molecule has 0 amide bonds. The summed E-state index contributed by atoms with van der Waals surface area (Å²) in [7, 11) is 3.55. The van der Waals surface area contributed by atoms with Gasteiger partial charge in [0.2, 0.25) is 0 Å². The van der Waals surface area contributed by atoms with Gasteiger partial charge in [0.05, 0.1) is 11.3 Å². The molecule has 0 saturated heterocycles. The van der Waals surface area contributed by atoms with Gasteiger partial charge in [0.15, 0.2) is 5.13 Å². The molecular weight excluding hydrogens is 375 g/mol. The van der Waals surface area contributed by atoms with E-state index in [0.29, 0.717) is 16.5 Å². The van der Waals surface area contributed by atoms with E-state index < -0.39 is 18.0 Å². The monoisotopic (exact) mass is 393 g/mol. The highest BCUT2D eigenvalue weighted by Crippen LogP contribution is 2.33. The van der Waals surface area contributed by atoms with Crippen LogP contribution in [0.25, 0.3) is 11.3 Å². The molecule has 0 spiro atoms. The van der Waals surface area contributed by atoms with Gasteiger partial charge in [0.1, 0.15) is 6.23 Å². The van der Waals surface area contributed by atoms with Gasteiger partial charge in [-0.15, -0.1) is 11.3 Å². The normalized spacial score (nSPS) is 13.0. The van der Waals surface area contributed by atoms with Crippen LogP contribution in [0.2, 0.25) is 0 Å². The van der Waals surface area contributed by atoms with Gasteiger partial charge in [0, 0.05) is 16.6 Å². The molecule has 0 fully saturated rings. The molecule has 0 radical (unpaired) electrons. The molecule has 2 N–H and O–H groups in total. The molecule has 1 atom stereocenters. The molecule has 0 saturated carbocycles. The first-order valence-corrected chi connectivity index (χ1v) is 8.96. The number of anilines is 2. The molecule has 0 aliphatic heterocycles. The van der Waals surface area contributed by atoms with E-state index in [0.717, 1.165) is 23.3 Å². The number of nitrogens with one attached hydrogen (secondary N) is 1. The molecule has 0 bridgehead atoms. The van der Waals surface area contributed by atoms with Crippen molar-refractivity contribution in [3.63, 3.8) is 0 Å². The first kappa shape index (κ1) is 19.3. The minimum atomic E-state index is -4.39. The molecule has 27 heavy (non-hydrogen) atoms. The fourth-order valence-corrected chi connectivity index (χ4v) is 3.26. The maximum Gasteiger partial charge on any atom is 0.416 e. The Morgan fingerprint density at radius 1 is 1.11 bits per heavy atom. The molecular formula is C19H18F3N3OS. The third kappa shape index (κ3) is 4.65. The number of thiazole rings is 1. The summed E-state index contributed by atoms with van der Waals surface area (Å²) >= 11 is 1.30. The van der Waals surface area contributed by atoms with Crippen LogP contribution >= 0.6 is 11.3 Å². The van der Waals surface area contributed by atoms with Crippen molar-refractivity contribution in [1.82, 2.24) is 9.88 Å². The van der Waals surface area contributed by atoms with E-state index in [4.69, 9.17) is 0 Å². The number of nitrogens with zero attached hydrogens (tertiary/aromatic N) is 2. The molecule has 4 nitrogen and oxygen atoms in total. The van der Waals surface area contributed by atoms with Gasteiger partial charge in [-0.1, -0.05) is 24.3 Å². The molecule has 2 aromatic carbocycles. The lowest BCUT2D eigenvalue weighted by atomic mass is 10.1. The van der Waals surface area contributed by atoms with Crippen LogP contribution in [0.15, 0.2) is 53.9 Å². The Morgan fingerprint density at radius 2 is 1.85 bits per heavy atom. The average molecular weight is 393 g/mol. The third-order valence-corrected chi connectivity index (χ3v) is 4.67. The van der Waals surface area contributed by atoms with Crippen LogP contribution in [-0.2, 0) is 6.18 Å². The number of aliphatic hydroxyl groups excluding tert-OH is 1. The molecule has 3 rings (SSSR count). The number of rotatable bonds is 5. The zero-order chi connectivity index (χ0) is 19.6. The number of aliphatic hydroxyl groups is 1. The number of halogens is 3. The predicted octanol–water partition coefficient (Wildman–Crippen LogP) is 5.13. The van der Waals surface area contributed by atoms with Crippen LogP contribution in [0.1, 0.15) is 17.4 Å². The Morgan fingerprint density at radius 3 is 2.56 bits per heavy atom. The topological polar surface area (TPSA) is 48.4 Å². The minimum absolute atomic E-state index is 0.322. The van der Waals surface area contributed by atoms with Gasteiger partial charge in [0.25, 0.3) is 0 Å². The highest BCUT2D eigenvalue weighted by molar-refractivity contribution is 7.14. The maximum absolute atomic E-state index is 12.8. The minimum Gasteiger partial charge on any atom is -0.374 e. The van der Waals surface area contributed by atoms with E-state index in [1.165, 1.54) is 17.4 Å². The Kier molecular flexibility index (Phi) is 5.50. The third-order valence-electron chi connectivity index (χ3n) is 3.92. The van der Waals surface area contributed by atoms with Crippen LogP contribution in [-0.4, -0.2) is 29.1 Å². The molecule has 1 heterocycles. The maximum atomic E-state index is 12.8. The highest BCUT2D eigenvalue weighted by atomic mass is 32.1. The Bertz CT molecular complexity index is 924.